The average Bonchev–Trinajstić information content (AvgIpc) is 2.53. The van der Waals surface area contributed by atoms with Gasteiger partial charge in [0.15, 0.2) is 0 Å². The lowest BCUT2D eigenvalue weighted by Gasteiger charge is -2.33. The summed E-state index contributed by atoms with van der Waals surface area (Å²) < 4.78 is 26.9. The molecule has 1 aromatic heterocycles. The van der Waals surface area contributed by atoms with Crippen LogP contribution >= 0.6 is 0 Å². The maximum atomic E-state index is 12.9. The molecule has 2 aromatic rings. The molecule has 134 valence electrons. The Morgan fingerprint density at radius 1 is 1.24 bits per heavy atom. The highest BCUT2D eigenvalue weighted by atomic mass is 32.2. The summed E-state index contributed by atoms with van der Waals surface area (Å²) in [4.78, 5) is 38.8. The number of aromatic amines is 2. The molecule has 2 unspecified atom stereocenters. The molecule has 1 fully saturated rings. The first-order valence-electron chi connectivity index (χ1n) is 7.68. The molecule has 0 saturated carbocycles. The Hall–Kier alpha value is -2.46. The van der Waals surface area contributed by atoms with Crippen molar-refractivity contribution in [3.63, 3.8) is 0 Å². The number of carboxylic acid groups (broad SMARTS) is 1. The van der Waals surface area contributed by atoms with Gasteiger partial charge in [-0.15, -0.1) is 0 Å². The highest BCUT2D eigenvalue weighted by Crippen LogP contribution is 2.27. The number of nitrogens with zero attached hydrogens (tertiary/aromatic N) is 1. The Bertz CT molecular complexity index is 1050. The molecule has 2 heterocycles. The Labute approximate surface area is 142 Å². The van der Waals surface area contributed by atoms with E-state index in [1.807, 2.05) is 4.98 Å². The molecule has 25 heavy (non-hydrogen) atoms. The summed E-state index contributed by atoms with van der Waals surface area (Å²) in [6.07, 6.45) is 0.417. The largest absolute Gasteiger partial charge is 0.481 e. The predicted molar refractivity (Wildman–Crippen MR) is 88.9 cm³/mol. The van der Waals surface area contributed by atoms with Gasteiger partial charge >= 0.3 is 11.7 Å². The standard InChI is InChI=1S/C15H17N3O6S/c1-8-4-9(14(20)21)7-18(6-8)25(23,24)10-2-3-12-11(5-10)13(19)17-15(22)16-12/h2-3,5,8-9H,4,6-7H2,1H3,(H,20,21)(H2,16,17,19,22). The maximum absolute atomic E-state index is 12.9. The van der Waals surface area contributed by atoms with E-state index in [1.165, 1.54) is 18.2 Å². The summed E-state index contributed by atoms with van der Waals surface area (Å²) >= 11 is 0. The number of aromatic nitrogens is 2. The van der Waals surface area contributed by atoms with Crippen LogP contribution in [0.5, 0.6) is 0 Å². The molecule has 0 aliphatic carbocycles. The fourth-order valence-electron chi connectivity index (χ4n) is 3.13. The van der Waals surface area contributed by atoms with Crippen molar-refractivity contribution in [2.45, 2.75) is 18.2 Å². The summed E-state index contributed by atoms with van der Waals surface area (Å²) in [7, 11) is -3.95. The Kier molecular flexibility index (Phi) is 4.25. The minimum Gasteiger partial charge on any atom is -0.481 e. The molecule has 3 N–H and O–H groups in total. The van der Waals surface area contributed by atoms with Crippen molar-refractivity contribution in [3.05, 3.63) is 39.0 Å². The van der Waals surface area contributed by atoms with Gasteiger partial charge in [-0.05, 0) is 30.5 Å². The van der Waals surface area contributed by atoms with Gasteiger partial charge in [-0.3, -0.25) is 14.6 Å². The molecule has 1 aliphatic heterocycles. The normalized spacial score (nSPS) is 22.1. The smallest absolute Gasteiger partial charge is 0.326 e. The minimum atomic E-state index is -3.95. The number of aliphatic carboxylic acids is 1. The third-order valence-electron chi connectivity index (χ3n) is 4.32. The van der Waals surface area contributed by atoms with Crippen LogP contribution in [0.15, 0.2) is 32.7 Å². The van der Waals surface area contributed by atoms with Crippen molar-refractivity contribution >= 4 is 26.9 Å². The molecular weight excluding hydrogens is 350 g/mol. The van der Waals surface area contributed by atoms with Gasteiger partial charge in [-0.1, -0.05) is 6.92 Å². The summed E-state index contributed by atoms with van der Waals surface area (Å²) in [5.74, 6) is -1.89. The van der Waals surface area contributed by atoms with Crippen LogP contribution in [-0.2, 0) is 14.8 Å². The molecule has 0 amide bonds. The number of rotatable bonds is 3. The molecule has 1 aliphatic rings. The van der Waals surface area contributed by atoms with Crippen LogP contribution in [0.3, 0.4) is 0 Å². The van der Waals surface area contributed by atoms with Crippen molar-refractivity contribution in [3.8, 4) is 0 Å². The number of nitrogens with one attached hydrogen (secondary N) is 2. The van der Waals surface area contributed by atoms with E-state index in [0.29, 0.717) is 6.42 Å². The number of hydrogen-bond donors (Lipinski definition) is 3. The summed E-state index contributed by atoms with van der Waals surface area (Å²) in [6.45, 7) is 1.90. The third kappa shape index (κ3) is 3.22. The van der Waals surface area contributed by atoms with E-state index in [4.69, 9.17) is 0 Å². The second kappa shape index (κ2) is 6.12. The number of hydrogen-bond acceptors (Lipinski definition) is 5. The van der Waals surface area contributed by atoms with E-state index < -0.39 is 33.2 Å². The van der Waals surface area contributed by atoms with Crippen LogP contribution in [0, 0.1) is 11.8 Å². The molecule has 0 bridgehead atoms. The van der Waals surface area contributed by atoms with Crippen molar-refractivity contribution < 1.29 is 18.3 Å². The highest BCUT2D eigenvalue weighted by Gasteiger charge is 2.36. The van der Waals surface area contributed by atoms with Crippen LogP contribution in [0.2, 0.25) is 0 Å². The lowest BCUT2D eigenvalue weighted by Crippen LogP contribution is -2.45. The van der Waals surface area contributed by atoms with E-state index in [9.17, 15) is 27.9 Å². The van der Waals surface area contributed by atoms with Gasteiger partial charge in [0, 0.05) is 13.1 Å². The van der Waals surface area contributed by atoms with Gasteiger partial charge < -0.3 is 10.1 Å². The zero-order valence-electron chi connectivity index (χ0n) is 13.4. The summed E-state index contributed by atoms with van der Waals surface area (Å²) in [5.41, 5.74) is -1.14. The van der Waals surface area contributed by atoms with Gasteiger partial charge in [0.25, 0.3) is 5.56 Å². The molecule has 10 heteroatoms. The zero-order valence-corrected chi connectivity index (χ0v) is 14.2. The van der Waals surface area contributed by atoms with Crippen LogP contribution in [-0.4, -0.2) is 46.9 Å². The second-order valence-electron chi connectivity index (χ2n) is 6.31. The van der Waals surface area contributed by atoms with E-state index >= 15 is 0 Å². The number of H-pyrrole nitrogens is 2. The van der Waals surface area contributed by atoms with Crippen LogP contribution in [0.1, 0.15) is 13.3 Å². The van der Waals surface area contributed by atoms with Gasteiger partial charge in [0.1, 0.15) is 0 Å². The molecule has 9 nitrogen and oxygen atoms in total. The summed E-state index contributed by atoms with van der Waals surface area (Å²) in [6, 6.07) is 3.83. The molecular formula is C15H17N3O6S. The number of fused-ring (bicyclic) bond motifs is 1. The lowest BCUT2D eigenvalue weighted by molar-refractivity contribution is -0.143. The molecule has 1 aromatic carbocycles. The van der Waals surface area contributed by atoms with E-state index in [-0.39, 0.29) is 34.8 Å². The van der Waals surface area contributed by atoms with Crippen molar-refractivity contribution in [1.29, 1.82) is 0 Å². The summed E-state index contributed by atoms with van der Waals surface area (Å²) in [5, 5.41) is 9.26. The monoisotopic (exact) mass is 367 g/mol. The Balaban J connectivity index is 2.05. The number of carboxylic acids is 1. The zero-order chi connectivity index (χ0) is 18.4. The average molecular weight is 367 g/mol. The number of sulfonamides is 1. The van der Waals surface area contributed by atoms with Crippen molar-refractivity contribution in [2.75, 3.05) is 13.1 Å². The second-order valence-corrected chi connectivity index (χ2v) is 8.25. The fraction of sp³-hybridized carbons (Fsp3) is 0.400. The first-order valence-corrected chi connectivity index (χ1v) is 9.12. The topological polar surface area (TPSA) is 140 Å². The van der Waals surface area contributed by atoms with Gasteiger partial charge in [-0.2, -0.15) is 4.31 Å². The fourth-order valence-corrected chi connectivity index (χ4v) is 4.76. The van der Waals surface area contributed by atoms with E-state index in [1.54, 1.807) is 6.92 Å². The van der Waals surface area contributed by atoms with Crippen molar-refractivity contribution in [1.82, 2.24) is 14.3 Å². The minimum absolute atomic E-state index is 0.0421. The van der Waals surface area contributed by atoms with Crippen LogP contribution in [0.25, 0.3) is 10.9 Å². The van der Waals surface area contributed by atoms with Gasteiger partial charge in [0.05, 0.1) is 21.7 Å². The number of carbonyl (C=O) groups is 1. The lowest BCUT2D eigenvalue weighted by atomic mass is 9.92. The molecule has 1 saturated heterocycles. The Morgan fingerprint density at radius 2 is 1.96 bits per heavy atom. The first-order chi connectivity index (χ1) is 11.7. The van der Waals surface area contributed by atoms with Gasteiger partial charge in [0.2, 0.25) is 10.0 Å². The van der Waals surface area contributed by atoms with E-state index in [2.05, 4.69) is 4.98 Å². The Morgan fingerprint density at radius 3 is 2.64 bits per heavy atom. The highest BCUT2D eigenvalue weighted by molar-refractivity contribution is 7.89. The van der Waals surface area contributed by atoms with E-state index in [0.717, 1.165) is 4.31 Å². The molecule has 0 radical (unpaired) electrons. The maximum Gasteiger partial charge on any atom is 0.326 e. The SMILES string of the molecule is CC1CC(C(=O)O)CN(S(=O)(=O)c2ccc3[nH]c(=O)[nH]c(=O)c3c2)C1. The number of benzene rings is 1. The number of piperidine rings is 1. The quantitative estimate of drug-likeness (QED) is 0.694. The van der Waals surface area contributed by atoms with Crippen LogP contribution < -0.4 is 11.2 Å². The molecule has 3 rings (SSSR count). The molecule has 0 spiro atoms. The van der Waals surface area contributed by atoms with Gasteiger partial charge in [-0.25, -0.2) is 13.2 Å². The van der Waals surface area contributed by atoms with Crippen molar-refractivity contribution in [2.24, 2.45) is 11.8 Å². The van der Waals surface area contributed by atoms with Crippen LogP contribution in [0.4, 0.5) is 0 Å². The predicted octanol–water partition coefficient (Wildman–Crippen LogP) is -0.0523. The third-order valence-corrected chi connectivity index (χ3v) is 6.15. The first kappa shape index (κ1) is 17.4. The molecule has 2 atom stereocenters.